The molecule has 0 bridgehead atoms. The van der Waals surface area contributed by atoms with Crippen LogP contribution in [0, 0.1) is 0 Å². The third-order valence-electron chi connectivity index (χ3n) is 3.59. The lowest BCUT2D eigenvalue weighted by atomic mass is 10.1. The monoisotopic (exact) mass is 295 g/mol. The van der Waals surface area contributed by atoms with Crippen molar-refractivity contribution in [1.29, 1.82) is 0 Å². The Morgan fingerprint density at radius 3 is 2.71 bits per heavy atom. The lowest BCUT2D eigenvalue weighted by Gasteiger charge is -2.00. The lowest BCUT2D eigenvalue weighted by Crippen LogP contribution is -2.03. The molecule has 0 aliphatic heterocycles. The Labute approximate surface area is 122 Å². The highest BCUT2D eigenvalue weighted by Crippen LogP contribution is 2.36. The van der Waals surface area contributed by atoms with E-state index in [1.54, 1.807) is 18.2 Å². The van der Waals surface area contributed by atoms with Crippen molar-refractivity contribution in [2.45, 2.75) is 0 Å². The van der Waals surface area contributed by atoms with E-state index in [0.29, 0.717) is 4.70 Å². The van der Waals surface area contributed by atoms with Crippen LogP contribution in [-0.2, 0) is 0 Å². The number of aromatic carboxylic acids is 1. The highest BCUT2D eigenvalue weighted by atomic mass is 32.1. The van der Waals surface area contributed by atoms with Gasteiger partial charge < -0.3 is 10.1 Å². The number of aromatic nitrogens is 1. The Bertz CT molecular complexity index is 1090. The number of thiophene rings is 1. The van der Waals surface area contributed by atoms with Crippen LogP contribution in [0.5, 0.6) is 0 Å². The molecule has 0 unspecified atom stereocenters. The van der Waals surface area contributed by atoms with Crippen LogP contribution in [0.25, 0.3) is 31.1 Å². The van der Waals surface area contributed by atoms with Crippen LogP contribution in [0.4, 0.5) is 0 Å². The highest BCUT2D eigenvalue weighted by Gasteiger charge is 2.13. The highest BCUT2D eigenvalue weighted by molar-refractivity contribution is 7.26. The Hall–Kier alpha value is -2.66. The summed E-state index contributed by atoms with van der Waals surface area (Å²) in [4.78, 5) is 26.2. The van der Waals surface area contributed by atoms with Crippen LogP contribution in [0.1, 0.15) is 10.4 Å². The van der Waals surface area contributed by atoms with Gasteiger partial charge in [-0.25, -0.2) is 4.79 Å². The fourth-order valence-corrected chi connectivity index (χ4v) is 3.80. The number of hydrogen-bond donors (Lipinski definition) is 2. The van der Waals surface area contributed by atoms with Crippen molar-refractivity contribution in [1.82, 2.24) is 4.98 Å². The average molecular weight is 295 g/mol. The molecule has 2 heterocycles. The smallest absolute Gasteiger partial charge is 0.335 e. The Morgan fingerprint density at radius 1 is 1.10 bits per heavy atom. The predicted molar refractivity (Wildman–Crippen MR) is 84.4 cm³/mol. The second kappa shape index (κ2) is 4.17. The third-order valence-corrected chi connectivity index (χ3v) is 4.74. The van der Waals surface area contributed by atoms with Gasteiger partial charge in [0.1, 0.15) is 4.70 Å². The second-order valence-electron chi connectivity index (χ2n) is 4.82. The van der Waals surface area contributed by atoms with Gasteiger partial charge in [-0.15, -0.1) is 11.3 Å². The summed E-state index contributed by atoms with van der Waals surface area (Å²) in [7, 11) is 0. The SMILES string of the molecule is O=C(O)c1ccc2c(c1)sc1c(=O)[nH]c3ccccc3c12. The van der Waals surface area contributed by atoms with Gasteiger partial charge in [0.2, 0.25) is 0 Å². The van der Waals surface area contributed by atoms with Crippen molar-refractivity contribution < 1.29 is 9.90 Å². The van der Waals surface area contributed by atoms with Crippen LogP contribution >= 0.6 is 11.3 Å². The molecule has 0 fully saturated rings. The molecule has 2 N–H and O–H groups in total. The molecule has 0 amide bonds. The summed E-state index contributed by atoms with van der Waals surface area (Å²) in [5, 5.41) is 11.9. The van der Waals surface area contributed by atoms with E-state index in [0.717, 1.165) is 26.4 Å². The predicted octanol–water partition coefficient (Wildman–Crippen LogP) is 3.59. The van der Waals surface area contributed by atoms with Gasteiger partial charge >= 0.3 is 5.97 Å². The molecule has 21 heavy (non-hydrogen) atoms. The van der Waals surface area contributed by atoms with Crippen LogP contribution in [-0.4, -0.2) is 16.1 Å². The zero-order valence-corrected chi connectivity index (χ0v) is 11.5. The molecule has 0 radical (unpaired) electrons. The summed E-state index contributed by atoms with van der Waals surface area (Å²) in [6.45, 7) is 0. The van der Waals surface area contributed by atoms with Crippen molar-refractivity contribution in [2.24, 2.45) is 0 Å². The summed E-state index contributed by atoms with van der Waals surface area (Å²) in [6.07, 6.45) is 0. The number of hydrogen-bond acceptors (Lipinski definition) is 3. The van der Waals surface area contributed by atoms with E-state index < -0.39 is 5.97 Å². The molecule has 4 rings (SSSR count). The van der Waals surface area contributed by atoms with Crippen LogP contribution < -0.4 is 5.56 Å². The minimum Gasteiger partial charge on any atom is -0.478 e. The number of aromatic amines is 1. The number of rotatable bonds is 1. The number of nitrogens with one attached hydrogen (secondary N) is 1. The number of fused-ring (bicyclic) bond motifs is 5. The zero-order valence-electron chi connectivity index (χ0n) is 10.7. The van der Waals surface area contributed by atoms with Gasteiger partial charge in [0.15, 0.2) is 0 Å². The van der Waals surface area contributed by atoms with Crippen LogP contribution in [0.2, 0.25) is 0 Å². The van der Waals surface area contributed by atoms with E-state index in [-0.39, 0.29) is 11.1 Å². The molecule has 0 aliphatic rings. The van der Waals surface area contributed by atoms with Gasteiger partial charge in [-0.05, 0) is 18.2 Å². The molecular weight excluding hydrogens is 286 g/mol. The third kappa shape index (κ3) is 1.68. The normalized spacial score (nSPS) is 11.4. The van der Waals surface area contributed by atoms with Crippen molar-refractivity contribution in [3.05, 3.63) is 58.4 Å². The van der Waals surface area contributed by atoms with Gasteiger partial charge in [0.05, 0.1) is 5.56 Å². The summed E-state index contributed by atoms with van der Waals surface area (Å²) in [5.74, 6) is -0.965. The molecular formula is C16H9NO3S. The number of benzene rings is 2. The minimum absolute atomic E-state index is 0.137. The standard InChI is InChI=1S/C16H9NO3S/c18-15-14-13(9-3-1-2-4-11(9)17-15)10-6-5-8(16(19)20)7-12(10)21-14/h1-7H,(H,17,18)(H,19,20). The summed E-state index contributed by atoms with van der Waals surface area (Å²) < 4.78 is 1.44. The fraction of sp³-hybridized carbons (Fsp3) is 0. The van der Waals surface area contributed by atoms with E-state index in [1.165, 1.54) is 11.3 Å². The minimum atomic E-state index is -0.965. The number of carbonyl (C=O) groups is 1. The maximum Gasteiger partial charge on any atom is 0.335 e. The first-order valence-electron chi connectivity index (χ1n) is 6.36. The largest absolute Gasteiger partial charge is 0.478 e. The average Bonchev–Trinajstić information content (AvgIpc) is 2.87. The molecule has 0 saturated carbocycles. The summed E-state index contributed by atoms with van der Waals surface area (Å²) in [5.41, 5.74) is 0.883. The molecule has 0 saturated heterocycles. The number of carboxylic acid groups (broad SMARTS) is 1. The zero-order chi connectivity index (χ0) is 14.6. The van der Waals surface area contributed by atoms with Crippen molar-refractivity contribution in [3.63, 3.8) is 0 Å². The molecule has 0 atom stereocenters. The van der Waals surface area contributed by atoms with E-state index in [9.17, 15) is 9.59 Å². The van der Waals surface area contributed by atoms with Gasteiger partial charge in [-0.2, -0.15) is 0 Å². The maximum atomic E-state index is 12.2. The Kier molecular flexibility index (Phi) is 2.40. The van der Waals surface area contributed by atoms with Gasteiger partial charge in [0, 0.05) is 26.4 Å². The van der Waals surface area contributed by atoms with Gasteiger partial charge in [-0.3, -0.25) is 4.79 Å². The molecule has 4 nitrogen and oxygen atoms in total. The number of H-pyrrole nitrogens is 1. The number of carboxylic acids is 1. The fourth-order valence-electron chi connectivity index (χ4n) is 2.65. The van der Waals surface area contributed by atoms with E-state index in [2.05, 4.69) is 4.98 Å². The first-order valence-corrected chi connectivity index (χ1v) is 7.17. The lowest BCUT2D eigenvalue weighted by molar-refractivity contribution is 0.0697. The maximum absolute atomic E-state index is 12.2. The van der Waals surface area contributed by atoms with Crippen molar-refractivity contribution >= 4 is 48.4 Å². The Balaban J connectivity index is 2.27. The van der Waals surface area contributed by atoms with E-state index in [4.69, 9.17) is 5.11 Å². The molecule has 5 heteroatoms. The van der Waals surface area contributed by atoms with Crippen molar-refractivity contribution in [3.8, 4) is 0 Å². The number of pyridine rings is 1. The van der Waals surface area contributed by atoms with Crippen LogP contribution in [0.3, 0.4) is 0 Å². The first-order chi connectivity index (χ1) is 10.1. The van der Waals surface area contributed by atoms with Gasteiger partial charge in [0.25, 0.3) is 5.56 Å². The molecule has 0 aliphatic carbocycles. The molecule has 102 valence electrons. The molecule has 2 aromatic heterocycles. The Morgan fingerprint density at radius 2 is 1.90 bits per heavy atom. The molecule has 2 aromatic carbocycles. The van der Waals surface area contributed by atoms with E-state index >= 15 is 0 Å². The summed E-state index contributed by atoms with van der Waals surface area (Å²) >= 11 is 1.33. The van der Waals surface area contributed by atoms with E-state index in [1.807, 2.05) is 24.3 Å². The van der Waals surface area contributed by atoms with Crippen molar-refractivity contribution in [2.75, 3.05) is 0 Å². The topological polar surface area (TPSA) is 70.2 Å². The molecule has 0 spiro atoms. The quantitative estimate of drug-likeness (QED) is 0.563. The summed E-state index contributed by atoms with van der Waals surface area (Å²) in [6, 6.07) is 12.6. The number of para-hydroxylation sites is 1. The molecule has 4 aromatic rings. The first kappa shape index (κ1) is 12.1. The van der Waals surface area contributed by atoms with Gasteiger partial charge in [-0.1, -0.05) is 24.3 Å². The second-order valence-corrected chi connectivity index (χ2v) is 5.87. The van der Waals surface area contributed by atoms with Crippen LogP contribution in [0.15, 0.2) is 47.3 Å².